The lowest BCUT2D eigenvalue weighted by atomic mass is 10.0. The molecular weight excluding hydrogens is 296 g/mol. The molecular formula is C13H19BrN2O2. The summed E-state index contributed by atoms with van der Waals surface area (Å²) < 4.78 is 0.862. The minimum absolute atomic E-state index is 0.169. The summed E-state index contributed by atoms with van der Waals surface area (Å²) in [4.78, 5) is 10.6. The lowest BCUT2D eigenvalue weighted by Gasteiger charge is -2.16. The molecule has 0 aliphatic rings. The molecule has 1 rings (SSSR count). The van der Waals surface area contributed by atoms with Gasteiger partial charge >= 0.3 is 0 Å². The maximum Gasteiger partial charge on any atom is 0.273 e. The van der Waals surface area contributed by atoms with Crippen molar-refractivity contribution in [2.24, 2.45) is 5.92 Å². The summed E-state index contributed by atoms with van der Waals surface area (Å²) in [5.74, 6) is 0.616. The SMILES string of the molecule is CC(C)CC(C)NCc1cc(Br)ccc1[N+](=O)[O-]. The summed E-state index contributed by atoms with van der Waals surface area (Å²) in [6, 6.07) is 5.38. The van der Waals surface area contributed by atoms with E-state index >= 15 is 0 Å². The lowest BCUT2D eigenvalue weighted by molar-refractivity contribution is -0.385. The highest BCUT2D eigenvalue weighted by molar-refractivity contribution is 9.10. The number of nitro benzene ring substituents is 1. The smallest absolute Gasteiger partial charge is 0.273 e. The van der Waals surface area contributed by atoms with Gasteiger partial charge in [0.1, 0.15) is 0 Å². The van der Waals surface area contributed by atoms with E-state index in [1.54, 1.807) is 12.1 Å². The Balaban J connectivity index is 2.71. The first-order valence-electron chi connectivity index (χ1n) is 6.06. The molecule has 100 valence electrons. The van der Waals surface area contributed by atoms with E-state index < -0.39 is 0 Å². The Hall–Kier alpha value is -0.940. The van der Waals surface area contributed by atoms with Crippen molar-refractivity contribution in [3.05, 3.63) is 38.3 Å². The van der Waals surface area contributed by atoms with E-state index in [-0.39, 0.29) is 10.6 Å². The van der Waals surface area contributed by atoms with E-state index in [0.717, 1.165) is 10.9 Å². The molecule has 1 atom stereocenters. The highest BCUT2D eigenvalue weighted by Crippen LogP contribution is 2.23. The molecule has 0 heterocycles. The minimum atomic E-state index is -0.337. The van der Waals surface area contributed by atoms with Crippen LogP contribution in [0.4, 0.5) is 5.69 Å². The zero-order valence-electron chi connectivity index (χ0n) is 10.9. The molecule has 18 heavy (non-hydrogen) atoms. The number of halogens is 1. The summed E-state index contributed by atoms with van der Waals surface area (Å²) in [7, 11) is 0. The largest absolute Gasteiger partial charge is 0.310 e. The zero-order valence-corrected chi connectivity index (χ0v) is 12.5. The number of hydrogen-bond acceptors (Lipinski definition) is 3. The molecule has 0 spiro atoms. The molecule has 1 aromatic carbocycles. The van der Waals surface area contributed by atoms with Crippen LogP contribution in [0.1, 0.15) is 32.8 Å². The van der Waals surface area contributed by atoms with Crippen LogP contribution in [-0.2, 0) is 6.54 Å². The van der Waals surface area contributed by atoms with Gasteiger partial charge in [-0.3, -0.25) is 10.1 Å². The van der Waals surface area contributed by atoms with Crippen LogP contribution in [0.25, 0.3) is 0 Å². The summed E-state index contributed by atoms with van der Waals surface area (Å²) >= 11 is 3.34. The minimum Gasteiger partial charge on any atom is -0.310 e. The van der Waals surface area contributed by atoms with Crippen molar-refractivity contribution >= 4 is 21.6 Å². The van der Waals surface area contributed by atoms with Gasteiger partial charge in [0.25, 0.3) is 5.69 Å². The van der Waals surface area contributed by atoms with Gasteiger partial charge in [0.05, 0.1) is 4.92 Å². The molecule has 0 radical (unpaired) electrons. The van der Waals surface area contributed by atoms with Gasteiger partial charge in [-0.05, 0) is 31.4 Å². The maximum absolute atomic E-state index is 10.9. The molecule has 1 N–H and O–H groups in total. The predicted molar refractivity (Wildman–Crippen MR) is 76.6 cm³/mol. The normalized spacial score (nSPS) is 12.7. The van der Waals surface area contributed by atoms with Gasteiger partial charge in [-0.15, -0.1) is 0 Å². The molecule has 0 aromatic heterocycles. The Morgan fingerprint density at radius 3 is 2.61 bits per heavy atom. The number of nitrogens with one attached hydrogen (secondary N) is 1. The molecule has 1 unspecified atom stereocenters. The second-order valence-electron chi connectivity index (χ2n) is 4.94. The van der Waals surface area contributed by atoms with Gasteiger partial charge in [-0.2, -0.15) is 0 Å². The van der Waals surface area contributed by atoms with Crippen molar-refractivity contribution in [3.63, 3.8) is 0 Å². The third-order valence-electron chi connectivity index (χ3n) is 2.70. The number of benzene rings is 1. The number of nitrogens with zero attached hydrogens (tertiary/aromatic N) is 1. The first-order chi connectivity index (χ1) is 8.40. The van der Waals surface area contributed by atoms with Crippen molar-refractivity contribution in [3.8, 4) is 0 Å². The average molecular weight is 315 g/mol. The molecule has 0 amide bonds. The highest BCUT2D eigenvalue weighted by Gasteiger charge is 2.14. The number of nitro groups is 1. The van der Waals surface area contributed by atoms with Crippen molar-refractivity contribution < 1.29 is 4.92 Å². The van der Waals surface area contributed by atoms with Crippen LogP contribution in [0.15, 0.2) is 22.7 Å². The van der Waals surface area contributed by atoms with Crippen LogP contribution in [0, 0.1) is 16.0 Å². The van der Waals surface area contributed by atoms with Crippen molar-refractivity contribution in [2.75, 3.05) is 0 Å². The monoisotopic (exact) mass is 314 g/mol. The number of hydrogen-bond donors (Lipinski definition) is 1. The Morgan fingerprint density at radius 1 is 1.39 bits per heavy atom. The third kappa shape index (κ3) is 4.74. The van der Waals surface area contributed by atoms with Crippen molar-refractivity contribution in [2.45, 2.75) is 39.8 Å². The van der Waals surface area contributed by atoms with Crippen LogP contribution in [0.5, 0.6) is 0 Å². The molecule has 0 aliphatic carbocycles. The Bertz CT molecular complexity index is 421. The summed E-state index contributed by atoms with van der Waals surface area (Å²) in [6.07, 6.45) is 1.06. The highest BCUT2D eigenvalue weighted by atomic mass is 79.9. The summed E-state index contributed by atoms with van der Waals surface area (Å²) in [6.45, 7) is 6.95. The van der Waals surface area contributed by atoms with E-state index in [1.807, 2.05) is 0 Å². The molecule has 0 aliphatic heterocycles. The van der Waals surface area contributed by atoms with Crippen LogP contribution < -0.4 is 5.32 Å². The summed E-state index contributed by atoms with van der Waals surface area (Å²) in [5.41, 5.74) is 0.882. The molecule has 5 heteroatoms. The Kier molecular flexibility index (Phi) is 5.75. The van der Waals surface area contributed by atoms with Crippen LogP contribution in [0.3, 0.4) is 0 Å². The van der Waals surface area contributed by atoms with E-state index in [1.165, 1.54) is 6.07 Å². The molecule has 4 nitrogen and oxygen atoms in total. The fourth-order valence-electron chi connectivity index (χ4n) is 1.95. The van der Waals surface area contributed by atoms with Crippen LogP contribution in [-0.4, -0.2) is 11.0 Å². The fraction of sp³-hybridized carbons (Fsp3) is 0.538. The fourth-order valence-corrected chi connectivity index (χ4v) is 2.36. The zero-order chi connectivity index (χ0) is 13.7. The number of rotatable bonds is 6. The van der Waals surface area contributed by atoms with E-state index in [0.29, 0.717) is 24.1 Å². The Labute approximate surface area is 116 Å². The first-order valence-corrected chi connectivity index (χ1v) is 6.85. The second-order valence-corrected chi connectivity index (χ2v) is 5.86. The van der Waals surface area contributed by atoms with E-state index in [2.05, 4.69) is 42.0 Å². The topological polar surface area (TPSA) is 55.2 Å². The van der Waals surface area contributed by atoms with Crippen molar-refractivity contribution in [1.82, 2.24) is 5.32 Å². The molecule has 0 fully saturated rings. The quantitative estimate of drug-likeness (QED) is 0.640. The van der Waals surface area contributed by atoms with Crippen LogP contribution >= 0.6 is 15.9 Å². The molecule has 0 saturated heterocycles. The van der Waals surface area contributed by atoms with E-state index in [9.17, 15) is 10.1 Å². The van der Waals surface area contributed by atoms with Gasteiger partial charge < -0.3 is 5.32 Å². The standard InChI is InChI=1S/C13H19BrN2O2/c1-9(2)6-10(3)15-8-11-7-12(14)4-5-13(11)16(17)18/h4-5,7,9-10,15H,6,8H2,1-3H3. The average Bonchev–Trinajstić information content (AvgIpc) is 2.25. The van der Waals surface area contributed by atoms with Gasteiger partial charge in [-0.1, -0.05) is 29.8 Å². The third-order valence-corrected chi connectivity index (χ3v) is 3.20. The molecule has 1 aromatic rings. The Morgan fingerprint density at radius 2 is 2.06 bits per heavy atom. The van der Waals surface area contributed by atoms with Gasteiger partial charge in [-0.25, -0.2) is 0 Å². The summed E-state index contributed by atoms with van der Waals surface area (Å²) in [5, 5.41) is 14.2. The maximum atomic E-state index is 10.9. The van der Waals surface area contributed by atoms with Gasteiger partial charge in [0.2, 0.25) is 0 Å². The van der Waals surface area contributed by atoms with Crippen LogP contribution in [0.2, 0.25) is 0 Å². The molecule has 0 bridgehead atoms. The molecule has 0 saturated carbocycles. The second kappa shape index (κ2) is 6.85. The van der Waals surface area contributed by atoms with Crippen molar-refractivity contribution in [1.29, 1.82) is 0 Å². The van der Waals surface area contributed by atoms with Gasteiger partial charge in [0.15, 0.2) is 0 Å². The van der Waals surface area contributed by atoms with E-state index in [4.69, 9.17) is 0 Å². The van der Waals surface area contributed by atoms with Gasteiger partial charge in [0, 0.05) is 28.7 Å². The lowest BCUT2D eigenvalue weighted by Crippen LogP contribution is -2.27. The first kappa shape index (κ1) is 15.1. The predicted octanol–water partition coefficient (Wildman–Crippen LogP) is 3.88.